The SMILES string of the molecule is CN(c1ccc(F)cc1CN)C1CCOC1. The lowest BCUT2D eigenvalue weighted by molar-refractivity contribution is 0.193. The lowest BCUT2D eigenvalue weighted by Gasteiger charge is -2.27. The molecule has 1 aromatic carbocycles. The Kier molecular flexibility index (Phi) is 3.41. The lowest BCUT2D eigenvalue weighted by Crippen LogP contribution is -2.32. The van der Waals surface area contributed by atoms with E-state index in [4.69, 9.17) is 10.5 Å². The Hall–Kier alpha value is -1.13. The van der Waals surface area contributed by atoms with Gasteiger partial charge in [-0.3, -0.25) is 0 Å². The van der Waals surface area contributed by atoms with Gasteiger partial charge in [0, 0.05) is 25.9 Å². The minimum atomic E-state index is -0.236. The molecule has 4 heteroatoms. The fourth-order valence-electron chi connectivity index (χ4n) is 2.09. The maximum Gasteiger partial charge on any atom is 0.123 e. The normalized spacial score (nSPS) is 20.1. The van der Waals surface area contributed by atoms with Crippen LogP contribution in [0.4, 0.5) is 10.1 Å². The van der Waals surface area contributed by atoms with Gasteiger partial charge in [-0.15, -0.1) is 0 Å². The van der Waals surface area contributed by atoms with E-state index in [2.05, 4.69) is 4.90 Å². The Labute approximate surface area is 95.0 Å². The summed E-state index contributed by atoms with van der Waals surface area (Å²) in [6.07, 6.45) is 1.01. The Morgan fingerprint density at radius 3 is 3.00 bits per heavy atom. The number of anilines is 1. The van der Waals surface area contributed by atoms with Gasteiger partial charge < -0.3 is 15.4 Å². The molecular weight excluding hydrogens is 207 g/mol. The van der Waals surface area contributed by atoms with Gasteiger partial charge in [0.15, 0.2) is 0 Å². The summed E-state index contributed by atoms with van der Waals surface area (Å²) in [5.74, 6) is -0.236. The molecule has 1 unspecified atom stereocenters. The minimum absolute atomic E-state index is 0.236. The predicted molar refractivity (Wildman–Crippen MR) is 61.9 cm³/mol. The molecule has 2 rings (SSSR count). The molecule has 0 saturated carbocycles. The van der Waals surface area contributed by atoms with E-state index in [-0.39, 0.29) is 5.82 Å². The van der Waals surface area contributed by atoms with Gasteiger partial charge >= 0.3 is 0 Å². The smallest absolute Gasteiger partial charge is 0.123 e. The Balaban J connectivity index is 2.24. The molecule has 1 fully saturated rings. The first-order valence-corrected chi connectivity index (χ1v) is 5.51. The second kappa shape index (κ2) is 4.80. The van der Waals surface area contributed by atoms with Crippen molar-refractivity contribution in [3.63, 3.8) is 0 Å². The highest BCUT2D eigenvalue weighted by Gasteiger charge is 2.21. The van der Waals surface area contributed by atoms with Crippen LogP contribution in [0.25, 0.3) is 0 Å². The van der Waals surface area contributed by atoms with Crippen LogP contribution in [0.5, 0.6) is 0 Å². The molecule has 3 nitrogen and oxygen atoms in total. The predicted octanol–water partition coefficient (Wildman–Crippen LogP) is 1.51. The molecule has 1 heterocycles. The van der Waals surface area contributed by atoms with E-state index in [9.17, 15) is 4.39 Å². The van der Waals surface area contributed by atoms with Crippen molar-refractivity contribution in [3.05, 3.63) is 29.6 Å². The maximum atomic E-state index is 13.1. The summed E-state index contributed by atoms with van der Waals surface area (Å²) in [6, 6.07) is 5.13. The quantitative estimate of drug-likeness (QED) is 0.845. The second-order valence-corrected chi connectivity index (χ2v) is 4.11. The maximum absolute atomic E-state index is 13.1. The third kappa shape index (κ3) is 2.18. The number of nitrogens with two attached hydrogens (primary N) is 1. The van der Waals surface area contributed by atoms with Crippen LogP contribution in [0.15, 0.2) is 18.2 Å². The molecule has 1 aliphatic heterocycles. The van der Waals surface area contributed by atoms with Crippen molar-refractivity contribution in [3.8, 4) is 0 Å². The van der Waals surface area contributed by atoms with E-state index in [1.54, 1.807) is 6.07 Å². The van der Waals surface area contributed by atoms with Crippen LogP contribution in [0.3, 0.4) is 0 Å². The molecule has 0 aliphatic carbocycles. The molecule has 0 spiro atoms. The number of halogens is 1. The number of hydrogen-bond donors (Lipinski definition) is 1. The summed E-state index contributed by atoms with van der Waals surface area (Å²) in [4.78, 5) is 2.13. The van der Waals surface area contributed by atoms with Crippen LogP contribution >= 0.6 is 0 Å². The van der Waals surface area contributed by atoms with Crippen molar-refractivity contribution < 1.29 is 9.13 Å². The molecule has 1 saturated heterocycles. The van der Waals surface area contributed by atoms with Gasteiger partial charge in [-0.2, -0.15) is 0 Å². The molecule has 2 N–H and O–H groups in total. The first-order chi connectivity index (χ1) is 7.72. The highest BCUT2D eigenvalue weighted by atomic mass is 19.1. The Morgan fingerprint density at radius 1 is 1.56 bits per heavy atom. The van der Waals surface area contributed by atoms with Crippen LogP contribution in [0, 0.1) is 5.82 Å². The van der Waals surface area contributed by atoms with Crippen LogP contribution in [-0.2, 0) is 11.3 Å². The standard InChI is InChI=1S/C12H17FN2O/c1-15(11-4-5-16-8-11)12-3-2-10(13)6-9(12)7-14/h2-3,6,11H,4-5,7-8,14H2,1H3. The van der Waals surface area contributed by atoms with E-state index >= 15 is 0 Å². The summed E-state index contributed by atoms with van der Waals surface area (Å²) in [5.41, 5.74) is 7.47. The summed E-state index contributed by atoms with van der Waals surface area (Å²) in [7, 11) is 2.01. The van der Waals surface area contributed by atoms with Crippen LogP contribution in [0.1, 0.15) is 12.0 Å². The fourth-order valence-corrected chi connectivity index (χ4v) is 2.09. The summed E-state index contributed by atoms with van der Waals surface area (Å²) in [5, 5.41) is 0. The zero-order chi connectivity index (χ0) is 11.5. The van der Waals surface area contributed by atoms with Crippen molar-refractivity contribution in [2.24, 2.45) is 5.73 Å². The monoisotopic (exact) mass is 224 g/mol. The van der Waals surface area contributed by atoms with Gasteiger partial charge in [0.2, 0.25) is 0 Å². The molecule has 16 heavy (non-hydrogen) atoms. The van der Waals surface area contributed by atoms with Crippen molar-refractivity contribution in [2.75, 3.05) is 25.2 Å². The van der Waals surface area contributed by atoms with E-state index in [1.807, 2.05) is 7.05 Å². The molecule has 0 radical (unpaired) electrons. The largest absolute Gasteiger partial charge is 0.379 e. The minimum Gasteiger partial charge on any atom is -0.379 e. The zero-order valence-electron chi connectivity index (χ0n) is 9.45. The average molecular weight is 224 g/mol. The molecule has 1 aromatic rings. The van der Waals surface area contributed by atoms with Gasteiger partial charge in [0.1, 0.15) is 5.82 Å². The van der Waals surface area contributed by atoms with E-state index in [1.165, 1.54) is 12.1 Å². The second-order valence-electron chi connectivity index (χ2n) is 4.11. The molecule has 0 amide bonds. The highest BCUT2D eigenvalue weighted by molar-refractivity contribution is 5.54. The first kappa shape index (κ1) is 11.4. The number of rotatable bonds is 3. The van der Waals surface area contributed by atoms with Crippen LogP contribution in [-0.4, -0.2) is 26.3 Å². The van der Waals surface area contributed by atoms with Crippen LogP contribution in [0.2, 0.25) is 0 Å². The summed E-state index contributed by atoms with van der Waals surface area (Å²) in [6.45, 7) is 1.89. The molecule has 0 bridgehead atoms. The van der Waals surface area contributed by atoms with Crippen molar-refractivity contribution in [1.29, 1.82) is 0 Å². The average Bonchev–Trinajstić information content (AvgIpc) is 2.81. The van der Waals surface area contributed by atoms with Gasteiger partial charge in [0.25, 0.3) is 0 Å². The molecule has 88 valence electrons. The number of ether oxygens (including phenoxy) is 1. The number of benzene rings is 1. The summed E-state index contributed by atoms with van der Waals surface area (Å²) < 4.78 is 18.4. The molecule has 1 atom stereocenters. The zero-order valence-corrected chi connectivity index (χ0v) is 9.45. The van der Waals surface area contributed by atoms with Gasteiger partial charge in [0.05, 0.1) is 12.6 Å². The topological polar surface area (TPSA) is 38.5 Å². The molecule has 0 aromatic heterocycles. The van der Waals surface area contributed by atoms with Crippen molar-refractivity contribution >= 4 is 5.69 Å². The van der Waals surface area contributed by atoms with Gasteiger partial charge in [-0.25, -0.2) is 4.39 Å². The molecule has 1 aliphatic rings. The first-order valence-electron chi connectivity index (χ1n) is 5.51. The van der Waals surface area contributed by atoms with E-state index in [0.29, 0.717) is 12.6 Å². The van der Waals surface area contributed by atoms with Gasteiger partial charge in [-0.1, -0.05) is 0 Å². The fraction of sp³-hybridized carbons (Fsp3) is 0.500. The van der Waals surface area contributed by atoms with Crippen molar-refractivity contribution in [1.82, 2.24) is 0 Å². The van der Waals surface area contributed by atoms with Crippen molar-refractivity contribution in [2.45, 2.75) is 19.0 Å². The number of likely N-dealkylation sites (N-methyl/N-ethyl adjacent to an activating group) is 1. The lowest BCUT2D eigenvalue weighted by atomic mass is 10.1. The van der Waals surface area contributed by atoms with E-state index < -0.39 is 0 Å². The number of hydrogen-bond acceptors (Lipinski definition) is 3. The number of nitrogens with zero attached hydrogens (tertiary/aromatic N) is 1. The van der Waals surface area contributed by atoms with E-state index in [0.717, 1.165) is 30.9 Å². The summed E-state index contributed by atoms with van der Waals surface area (Å²) >= 11 is 0. The highest BCUT2D eigenvalue weighted by Crippen LogP contribution is 2.24. The Morgan fingerprint density at radius 2 is 2.38 bits per heavy atom. The third-order valence-corrected chi connectivity index (χ3v) is 3.09. The third-order valence-electron chi connectivity index (χ3n) is 3.09. The Bertz CT molecular complexity index is 364. The van der Waals surface area contributed by atoms with Crippen LogP contribution < -0.4 is 10.6 Å². The van der Waals surface area contributed by atoms with Gasteiger partial charge in [-0.05, 0) is 30.2 Å². The molecular formula is C12H17FN2O.